The van der Waals surface area contributed by atoms with Gasteiger partial charge in [-0.1, -0.05) is 12.1 Å². The Bertz CT molecular complexity index is 602. The van der Waals surface area contributed by atoms with Crippen molar-refractivity contribution in [1.82, 2.24) is 10.3 Å². The van der Waals surface area contributed by atoms with Crippen molar-refractivity contribution < 1.29 is 14.3 Å². The van der Waals surface area contributed by atoms with Gasteiger partial charge in [0.25, 0.3) is 5.91 Å². The summed E-state index contributed by atoms with van der Waals surface area (Å²) in [6, 6.07) is 11.0. The van der Waals surface area contributed by atoms with E-state index < -0.39 is 0 Å². The summed E-state index contributed by atoms with van der Waals surface area (Å²) in [4.78, 5) is 15.9. The van der Waals surface area contributed by atoms with Crippen LogP contribution in [0, 0.1) is 0 Å². The first-order chi connectivity index (χ1) is 10.7. The Labute approximate surface area is 130 Å². The monoisotopic (exact) mass is 300 g/mol. The van der Waals surface area contributed by atoms with Crippen molar-refractivity contribution in [3.8, 4) is 11.5 Å². The molecule has 2 rings (SSSR count). The van der Waals surface area contributed by atoms with E-state index in [4.69, 9.17) is 9.47 Å². The van der Waals surface area contributed by atoms with Gasteiger partial charge in [0.05, 0.1) is 12.6 Å². The molecule has 5 heteroatoms. The third kappa shape index (κ3) is 4.48. The van der Waals surface area contributed by atoms with Crippen LogP contribution in [0.2, 0.25) is 0 Å². The highest BCUT2D eigenvalue weighted by Crippen LogP contribution is 2.26. The topological polar surface area (TPSA) is 60.5 Å². The summed E-state index contributed by atoms with van der Waals surface area (Å²) in [6.07, 6.45) is 3.40. The minimum atomic E-state index is -0.185. The Morgan fingerprint density at radius 2 is 1.77 bits per heavy atom. The number of benzene rings is 1. The first kappa shape index (κ1) is 15.8. The summed E-state index contributed by atoms with van der Waals surface area (Å²) in [7, 11) is 0. The number of hydrogen-bond donors (Lipinski definition) is 1. The maximum Gasteiger partial charge on any atom is 0.258 e. The molecule has 0 aliphatic carbocycles. The van der Waals surface area contributed by atoms with Gasteiger partial charge in [-0.2, -0.15) is 0 Å². The van der Waals surface area contributed by atoms with E-state index in [0.29, 0.717) is 18.1 Å². The summed E-state index contributed by atoms with van der Waals surface area (Å²) >= 11 is 0. The molecule has 1 unspecified atom stereocenters. The van der Waals surface area contributed by atoms with Crippen LogP contribution in [-0.2, 0) is 4.79 Å². The number of ether oxygens (including phenoxy) is 2. The number of carbonyl (C=O) groups excluding carboxylic acids is 1. The van der Waals surface area contributed by atoms with Gasteiger partial charge in [-0.15, -0.1) is 0 Å². The van der Waals surface area contributed by atoms with E-state index in [2.05, 4.69) is 10.3 Å². The fourth-order valence-corrected chi connectivity index (χ4v) is 2.01. The molecule has 0 aliphatic heterocycles. The lowest BCUT2D eigenvalue weighted by molar-refractivity contribution is -0.123. The molecule has 2 aromatic rings. The number of rotatable bonds is 7. The molecule has 0 fully saturated rings. The van der Waals surface area contributed by atoms with E-state index in [9.17, 15) is 4.79 Å². The van der Waals surface area contributed by atoms with E-state index in [1.165, 1.54) is 0 Å². The van der Waals surface area contributed by atoms with Gasteiger partial charge in [-0.05, 0) is 43.7 Å². The number of aromatic nitrogens is 1. The maximum atomic E-state index is 12.0. The number of para-hydroxylation sites is 2. The third-order valence-corrected chi connectivity index (χ3v) is 3.09. The minimum absolute atomic E-state index is 0.0560. The van der Waals surface area contributed by atoms with Gasteiger partial charge >= 0.3 is 0 Å². The van der Waals surface area contributed by atoms with Crippen molar-refractivity contribution in [3.05, 3.63) is 54.4 Å². The Kier molecular flexibility index (Phi) is 5.77. The molecule has 1 N–H and O–H groups in total. The van der Waals surface area contributed by atoms with Gasteiger partial charge < -0.3 is 14.8 Å². The van der Waals surface area contributed by atoms with Crippen LogP contribution in [-0.4, -0.2) is 24.1 Å². The third-order valence-electron chi connectivity index (χ3n) is 3.09. The van der Waals surface area contributed by atoms with Crippen molar-refractivity contribution in [1.29, 1.82) is 0 Å². The van der Waals surface area contributed by atoms with E-state index in [-0.39, 0.29) is 18.6 Å². The number of amides is 1. The first-order valence-electron chi connectivity index (χ1n) is 7.24. The molecular weight excluding hydrogens is 280 g/mol. The Hall–Kier alpha value is -2.56. The summed E-state index contributed by atoms with van der Waals surface area (Å²) in [5.41, 5.74) is 0.998. The standard InChI is InChI=1S/C17H20N2O3/c1-3-21-15-6-4-5-7-16(15)22-12-17(20)19-13(2)14-8-10-18-11-9-14/h4-11,13H,3,12H2,1-2H3,(H,19,20). The van der Waals surface area contributed by atoms with Gasteiger partial charge in [-0.3, -0.25) is 9.78 Å². The van der Waals surface area contributed by atoms with Gasteiger partial charge in [0, 0.05) is 12.4 Å². The van der Waals surface area contributed by atoms with Crippen LogP contribution >= 0.6 is 0 Å². The van der Waals surface area contributed by atoms with Gasteiger partial charge in [0.1, 0.15) is 0 Å². The lowest BCUT2D eigenvalue weighted by Crippen LogP contribution is -2.31. The molecular formula is C17H20N2O3. The van der Waals surface area contributed by atoms with Crippen molar-refractivity contribution in [3.63, 3.8) is 0 Å². The second kappa shape index (κ2) is 8.02. The molecule has 22 heavy (non-hydrogen) atoms. The molecule has 1 heterocycles. The summed E-state index contributed by atoms with van der Waals surface area (Å²) < 4.78 is 11.0. The first-order valence-corrected chi connectivity index (χ1v) is 7.24. The Morgan fingerprint density at radius 3 is 2.41 bits per heavy atom. The molecule has 1 amide bonds. The summed E-state index contributed by atoms with van der Waals surface area (Å²) in [5, 5.41) is 2.89. The molecule has 1 aromatic heterocycles. The average Bonchev–Trinajstić information content (AvgIpc) is 2.55. The number of carbonyl (C=O) groups is 1. The van der Waals surface area contributed by atoms with Crippen molar-refractivity contribution in [2.75, 3.05) is 13.2 Å². The largest absolute Gasteiger partial charge is 0.490 e. The molecule has 0 bridgehead atoms. The smallest absolute Gasteiger partial charge is 0.258 e. The predicted molar refractivity (Wildman–Crippen MR) is 83.9 cm³/mol. The van der Waals surface area contributed by atoms with Crippen molar-refractivity contribution >= 4 is 5.91 Å². The minimum Gasteiger partial charge on any atom is -0.490 e. The highest BCUT2D eigenvalue weighted by molar-refractivity contribution is 5.78. The van der Waals surface area contributed by atoms with Gasteiger partial charge in [0.15, 0.2) is 18.1 Å². The normalized spacial score (nSPS) is 11.5. The maximum absolute atomic E-state index is 12.0. The number of nitrogens with one attached hydrogen (secondary N) is 1. The molecule has 1 atom stereocenters. The van der Waals surface area contributed by atoms with Crippen molar-refractivity contribution in [2.24, 2.45) is 0 Å². The fraction of sp³-hybridized carbons (Fsp3) is 0.294. The van der Waals surface area contributed by atoms with Crippen LogP contribution in [0.25, 0.3) is 0 Å². The van der Waals surface area contributed by atoms with Crippen LogP contribution in [0.5, 0.6) is 11.5 Å². The second-order valence-electron chi connectivity index (χ2n) is 4.74. The average molecular weight is 300 g/mol. The summed E-state index contributed by atoms with van der Waals surface area (Å²) in [6.45, 7) is 4.31. The Morgan fingerprint density at radius 1 is 1.14 bits per heavy atom. The highest BCUT2D eigenvalue weighted by atomic mass is 16.5. The van der Waals surface area contributed by atoms with E-state index in [1.54, 1.807) is 18.5 Å². The molecule has 0 saturated heterocycles. The van der Waals surface area contributed by atoms with Crippen LogP contribution in [0.3, 0.4) is 0 Å². The van der Waals surface area contributed by atoms with E-state index in [1.807, 2.05) is 44.2 Å². The molecule has 0 saturated carbocycles. The van der Waals surface area contributed by atoms with Gasteiger partial charge in [0.2, 0.25) is 0 Å². The second-order valence-corrected chi connectivity index (χ2v) is 4.74. The zero-order valence-electron chi connectivity index (χ0n) is 12.8. The van der Waals surface area contributed by atoms with E-state index in [0.717, 1.165) is 5.56 Å². The quantitative estimate of drug-likeness (QED) is 0.854. The number of hydrogen-bond acceptors (Lipinski definition) is 4. The molecule has 0 radical (unpaired) electrons. The number of nitrogens with zero attached hydrogens (tertiary/aromatic N) is 1. The lowest BCUT2D eigenvalue weighted by atomic mass is 10.1. The Balaban J connectivity index is 1.88. The molecule has 1 aromatic carbocycles. The highest BCUT2D eigenvalue weighted by Gasteiger charge is 2.11. The van der Waals surface area contributed by atoms with Crippen LogP contribution in [0.4, 0.5) is 0 Å². The van der Waals surface area contributed by atoms with E-state index >= 15 is 0 Å². The fourth-order valence-electron chi connectivity index (χ4n) is 2.01. The van der Waals surface area contributed by atoms with Crippen LogP contribution in [0.1, 0.15) is 25.5 Å². The number of pyridine rings is 1. The van der Waals surface area contributed by atoms with Crippen LogP contribution < -0.4 is 14.8 Å². The van der Waals surface area contributed by atoms with Crippen molar-refractivity contribution in [2.45, 2.75) is 19.9 Å². The van der Waals surface area contributed by atoms with Gasteiger partial charge in [-0.25, -0.2) is 0 Å². The molecule has 116 valence electrons. The molecule has 0 aliphatic rings. The lowest BCUT2D eigenvalue weighted by Gasteiger charge is -2.15. The SMILES string of the molecule is CCOc1ccccc1OCC(=O)NC(C)c1ccncc1. The predicted octanol–water partition coefficient (Wildman–Crippen LogP) is 2.74. The zero-order chi connectivity index (χ0) is 15.8. The zero-order valence-corrected chi connectivity index (χ0v) is 12.8. The molecule has 5 nitrogen and oxygen atoms in total. The van der Waals surface area contributed by atoms with Crippen LogP contribution in [0.15, 0.2) is 48.8 Å². The molecule has 0 spiro atoms. The summed E-state index contributed by atoms with van der Waals surface area (Å²) in [5.74, 6) is 1.02.